The molecule has 0 aliphatic rings. The average molecular weight is 319 g/mol. The number of thiophene rings is 1. The number of ether oxygens (including phenoxy) is 2. The summed E-state index contributed by atoms with van der Waals surface area (Å²) in [6, 6.07) is 7.68. The van der Waals surface area contributed by atoms with Crippen molar-refractivity contribution in [1.29, 1.82) is 0 Å². The SMILES string of the molecule is COC(=O)c1ccc(NC(C)=O)cc1OC(=O)c1cccs1. The summed E-state index contributed by atoms with van der Waals surface area (Å²) in [6.45, 7) is 1.35. The molecule has 0 atom stereocenters. The molecule has 0 fully saturated rings. The summed E-state index contributed by atoms with van der Waals surface area (Å²) in [4.78, 5) is 35.3. The maximum atomic E-state index is 12.0. The Bertz CT molecular complexity index is 709. The lowest BCUT2D eigenvalue weighted by molar-refractivity contribution is -0.114. The van der Waals surface area contributed by atoms with Gasteiger partial charge in [-0.25, -0.2) is 9.59 Å². The standard InChI is InChI=1S/C15H13NO5S/c1-9(17)16-10-5-6-11(14(18)20-2)12(8-10)21-15(19)13-4-3-7-22-13/h3-8H,1-2H3,(H,16,17). The predicted octanol–water partition coefficient (Wildman–Crippen LogP) is 2.71. The van der Waals surface area contributed by atoms with Crippen LogP contribution in [-0.4, -0.2) is 25.0 Å². The number of amides is 1. The summed E-state index contributed by atoms with van der Waals surface area (Å²) >= 11 is 1.22. The molecule has 0 aliphatic carbocycles. The first-order chi connectivity index (χ1) is 10.5. The van der Waals surface area contributed by atoms with Crippen molar-refractivity contribution in [2.75, 3.05) is 12.4 Å². The average Bonchev–Trinajstić information content (AvgIpc) is 3.00. The molecule has 0 unspecified atom stereocenters. The van der Waals surface area contributed by atoms with Gasteiger partial charge in [0.2, 0.25) is 5.91 Å². The molecule has 0 spiro atoms. The molecule has 114 valence electrons. The van der Waals surface area contributed by atoms with E-state index in [0.717, 1.165) is 0 Å². The fourth-order valence-electron chi connectivity index (χ4n) is 1.71. The summed E-state index contributed by atoms with van der Waals surface area (Å²) < 4.78 is 9.91. The lowest BCUT2D eigenvalue weighted by atomic mass is 10.1. The van der Waals surface area contributed by atoms with E-state index in [9.17, 15) is 14.4 Å². The van der Waals surface area contributed by atoms with Crippen LogP contribution in [0.4, 0.5) is 5.69 Å². The second-order valence-electron chi connectivity index (χ2n) is 4.25. The van der Waals surface area contributed by atoms with Gasteiger partial charge in [-0.3, -0.25) is 4.79 Å². The number of carbonyl (C=O) groups excluding carboxylic acids is 3. The normalized spacial score (nSPS) is 9.91. The minimum Gasteiger partial charge on any atom is -0.465 e. The third-order valence-corrected chi connectivity index (χ3v) is 3.48. The predicted molar refractivity (Wildman–Crippen MR) is 81.4 cm³/mol. The van der Waals surface area contributed by atoms with Crippen molar-refractivity contribution in [2.45, 2.75) is 6.92 Å². The summed E-state index contributed by atoms with van der Waals surface area (Å²) in [7, 11) is 1.23. The highest BCUT2D eigenvalue weighted by molar-refractivity contribution is 7.12. The van der Waals surface area contributed by atoms with Gasteiger partial charge in [0.1, 0.15) is 16.2 Å². The van der Waals surface area contributed by atoms with Crippen LogP contribution in [0.5, 0.6) is 5.75 Å². The van der Waals surface area contributed by atoms with Crippen LogP contribution in [-0.2, 0) is 9.53 Å². The quantitative estimate of drug-likeness (QED) is 0.692. The lowest BCUT2D eigenvalue weighted by Gasteiger charge is -2.10. The van der Waals surface area contributed by atoms with E-state index < -0.39 is 11.9 Å². The number of hydrogen-bond donors (Lipinski definition) is 1. The molecular weight excluding hydrogens is 306 g/mol. The van der Waals surface area contributed by atoms with Crippen LogP contribution in [0.1, 0.15) is 27.0 Å². The van der Waals surface area contributed by atoms with Gasteiger partial charge >= 0.3 is 11.9 Å². The fourth-order valence-corrected chi connectivity index (χ4v) is 2.31. The molecule has 1 aromatic heterocycles. The molecule has 6 nitrogen and oxygen atoms in total. The number of methoxy groups -OCH3 is 1. The molecule has 1 N–H and O–H groups in total. The van der Waals surface area contributed by atoms with Crippen LogP contribution in [0, 0.1) is 0 Å². The van der Waals surface area contributed by atoms with E-state index >= 15 is 0 Å². The molecule has 0 bridgehead atoms. The summed E-state index contributed by atoms with van der Waals surface area (Å²) in [5.41, 5.74) is 0.510. The Morgan fingerprint density at radius 1 is 1.14 bits per heavy atom. The van der Waals surface area contributed by atoms with E-state index in [4.69, 9.17) is 4.74 Å². The van der Waals surface area contributed by atoms with Gasteiger partial charge in [0.25, 0.3) is 0 Å². The van der Waals surface area contributed by atoms with Crippen LogP contribution in [0.25, 0.3) is 0 Å². The van der Waals surface area contributed by atoms with E-state index in [0.29, 0.717) is 10.6 Å². The van der Waals surface area contributed by atoms with Crippen LogP contribution in [0.2, 0.25) is 0 Å². The molecule has 1 amide bonds. The smallest absolute Gasteiger partial charge is 0.353 e. The summed E-state index contributed by atoms with van der Waals surface area (Å²) in [5, 5.41) is 4.30. The first-order valence-electron chi connectivity index (χ1n) is 6.27. The van der Waals surface area contributed by atoms with E-state index in [1.165, 1.54) is 43.6 Å². The van der Waals surface area contributed by atoms with Crippen molar-refractivity contribution in [2.24, 2.45) is 0 Å². The molecule has 7 heteroatoms. The second kappa shape index (κ2) is 6.86. The van der Waals surface area contributed by atoms with E-state index in [1.807, 2.05) is 0 Å². The van der Waals surface area contributed by atoms with Gasteiger partial charge in [0.15, 0.2) is 0 Å². The Hall–Kier alpha value is -2.67. The Labute approximate surface area is 130 Å². The maximum absolute atomic E-state index is 12.0. The van der Waals surface area contributed by atoms with Crippen LogP contribution in [0.15, 0.2) is 35.7 Å². The molecule has 2 aromatic rings. The molecule has 1 aromatic carbocycles. The topological polar surface area (TPSA) is 81.7 Å². The highest BCUT2D eigenvalue weighted by atomic mass is 32.1. The Kier molecular flexibility index (Phi) is 4.90. The van der Waals surface area contributed by atoms with Crippen molar-refractivity contribution in [3.05, 3.63) is 46.2 Å². The molecule has 0 aliphatic heterocycles. The molecule has 1 heterocycles. The Balaban J connectivity index is 2.34. The number of nitrogens with one attached hydrogen (secondary N) is 1. The highest BCUT2D eigenvalue weighted by Gasteiger charge is 2.18. The van der Waals surface area contributed by atoms with Gasteiger partial charge in [-0.05, 0) is 23.6 Å². The highest BCUT2D eigenvalue weighted by Crippen LogP contribution is 2.26. The molecule has 0 saturated carbocycles. The van der Waals surface area contributed by atoms with Crippen molar-refractivity contribution in [3.63, 3.8) is 0 Å². The largest absolute Gasteiger partial charge is 0.465 e. The Morgan fingerprint density at radius 2 is 1.91 bits per heavy atom. The minimum atomic E-state index is -0.636. The third-order valence-electron chi connectivity index (χ3n) is 2.63. The van der Waals surface area contributed by atoms with Crippen molar-refractivity contribution < 1.29 is 23.9 Å². The number of rotatable bonds is 4. The zero-order valence-electron chi connectivity index (χ0n) is 11.9. The van der Waals surface area contributed by atoms with E-state index in [1.54, 1.807) is 17.5 Å². The van der Waals surface area contributed by atoms with Crippen molar-refractivity contribution >= 4 is 34.9 Å². The number of hydrogen-bond acceptors (Lipinski definition) is 6. The molecule has 2 rings (SSSR count). The Morgan fingerprint density at radius 3 is 2.50 bits per heavy atom. The summed E-state index contributed by atoms with van der Waals surface area (Å²) in [5.74, 6) is -1.47. The van der Waals surface area contributed by atoms with Crippen LogP contribution >= 0.6 is 11.3 Å². The number of anilines is 1. The van der Waals surface area contributed by atoms with Crippen molar-refractivity contribution in [3.8, 4) is 5.75 Å². The summed E-state index contributed by atoms with van der Waals surface area (Å²) in [6.07, 6.45) is 0. The van der Waals surface area contributed by atoms with E-state index in [-0.39, 0.29) is 17.2 Å². The lowest BCUT2D eigenvalue weighted by Crippen LogP contribution is -2.12. The molecular formula is C15H13NO5S. The van der Waals surface area contributed by atoms with Gasteiger partial charge in [0.05, 0.1) is 7.11 Å². The van der Waals surface area contributed by atoms with E-state index in [2.05, 4.69) is 10.1 Å². The number of carbonyl (C=O) groups is 3. The number of esters is 2. The molecule has 22 heavy (non-hydrogen) atoms. The van der Waals surface area contributed by atoms with Crippen LogP contribution < -0.4 is 10.1 Å². The van der Waals surface area contributed by atoms with Gasteiger partial charge in [0, 0.05) is 18.7 Å². The zero-order chi connectivity index (χ0) is 16.1. The third kappa shape index (κ3) is 3.70. The van der Waals surface area contributed by atoms with Crippen LogP contribution in [0.3, 0.4) is 0 Å². The van der Waals surface area contributed by atoms with Gasteiger partial charge in [-0.15, -0.1) is 11.3 Å². The fraction of sp³-hybridized carbons (Fsp3) is 0.133. The monoisotopic (exact) mass is 319 g/mol. The number of benzene rings is 1. The van der Waals surface area contributed by atoms with Crippen molar-refractivity contribution in [1.82, 2.24) is 0 Å². The molecule has 0 radical (unpaired) electrons. The minimum absolute atomic E-state index is 0.0245. The van der Waals surface area contributed by atoms with Gasteiger partial charge < -0.3 is 14.8 Å². The first kappa shape index (κ1) is 15.7. The first-order valence-corrected chi connectivity index (χ1v) is 7.15. The zero-order valence-corrected chi connectivity index (χ0v) is 12.7. The van der Waals surface area contributed by atoms with Gasteiger partial charge in [-0.2, -0.15) is 0 Å². The molecule has 0 saturated heterocycles. The maximum Gasteiger partial charge on any atom is 0.353 e. The second-order valence-corrected chi connectivity index (χ2v) is 5.20. The van der Waals surface area contributed by atoms with Gasteiger partial charge in [-0.1, -0.05) is 6.07 Å².